The summed E-state index contributed by atoms with van der Waals surface area (Å²) in [6.45, 7) is 3.39. The molecule has 2 saturated heterocycles. The van der Waals surface area contributed by atoms with Crippen molar-refractivity contribution in [1.82, 2.24) is 10.6 Å². The summed E-state index contributed by atoms with van der Waals surface area (Å²) in [5.41, 5.74) is 0.190. The van der Waals surface area contributed by atoms with Gasteiger partial charge in [-0.15, -0.1) is 0 Å². The maximum Gasteiger partial charge on any atom is 0.264 e. The van der Waals surface area contributed by atoms with Crippen molar-refractivity contribution in [3.63, 3.8) is 0 Å². The van der Waals surface area contributed by atoms with Crippen molar-refractivity contribution >= 4 is 15.7 Å². The second-order valence-corrected chi connectivity index (χ2v) is 8.96. The van der Waals surface area contributed by atoms with Crippen LogP contribution < -0.4 is 15.4 Å². The Kier molecular flexibility index (Phi) is 4.83. The topological polar surface area (TPSA) is 84.5 Å². The van der Waals surface area contributed by atoms with Crippen molar-refractivity contribution in [2.75, 3.05) is 24.6 Å². The molecule has 24 heavy (non-hydrogen) atoms. The Morgan fingerprint density at radius 2 is 1.92 bits per heavy atom. The van der Waals surface area contributed by atoms with Crippen LogP contribution in [0.3, 0.4) is 0 Å². The Morgan fingerprint density at radius 3 is 2.50 bits per heavy atom. The van der Waals surface area contributed by atoms with E-state index in [1.54, 1.807) is 0 Å². The molecule has 1 aromatic rings. The van der Waals surface area contributed by atoms with Crippen LogP contribution >= 0.6 is 0 Å². The molecule has 132 valence electrons. The van der Waals surface area contributed by atoms with Gasteiger partial charge in [-0.3, -0.25) is 4.79 Å². The maximum atomic E-state index is 12.9. The van der Waals surface area contributed by atoms with Crippen LogP contribution in [0.1, 0.15) is 24.8 Å². The fourth-order valence-corrected chi connectivity index (χ4v) is 4.94. The average molecular weight is 352 g/mol. The van der Waals surface area contributed by atoms with Gasteiger partial charge in [0, 0.05) is 18.9 Å². The molecular weight excluding hydrogens is 328 g/mol. The summed E-state index contributed by atoms with van der Waals surface area (Å²) in [6, 6.07) is 7.33. The van der Waals surface area contributed by atoms with Crippen molar-refractivity contribution in [3.8, 4) is 5.75 Å². The number of hydrogen-bond donors (Lipinski definition) is 2. The van der Waals surface area contributed by atoms with Gasteiger partial charge in [0.05, 0.1) is 11.5 Å². The Labute approximate surface area is 142 Å². The first-order valence-corrected chi connectivity index (χ1v) is 10.2. The largest absolute Gasteiger partial charge is 0.477 e. The van der Waals surface area contributed by atoms with Crippen LogP contribution in [-0.4, -0.2) is 50.6 Å². The van der Waals surface area contributed by atoms with Gasteiger partial charge < -0.3 is 15.4 Å². The number of sulfone groups is 1. The lowest BCUT2D eigenvalue weighted by atomic mass is 9.90. The first-order valence-electron chi connectivity index (χ1n) is 8.36. The molecule has 0 radical (unpaired) electrons. The average Bonchev–Trinajstić information content (AvgIpc) is 2.89. The maximum absolute atomic E-state index is 12.9. The van der Waals surface area contributed by atoms with Crippen molar-refractivity contribution in [2.24, 2.45) is 0 Å². The Hall–Kier alpha value is -1.60. The third-order valence-corrected chi connectivity index (χ3v) is 6.49. The number of piperidine rings is 1. The zero-order valence-corrected chi connectivity index (χ0v) is 14.7. The minimum atomic E-state index is -3.02. The molecule has 0 saturated carbocycles. The molecule has 0 aromatic heterocycles. The number of nitrogens with one attached hydrogen (secondary N) is 2. The molecule has 6 nitrogen and oxygen atoms in total. The molecule has 2 aliphatic rings. The van der Waals surface area contributed by atoms with E-state index in [2.05, 4.69) is 10.6 Å². The van der Waals surface area contributed by atoms with Crippen LogP contribution in [-0.2, 0) is 14.6 Å². The van der Waals surface area contributed by atoms with Gasteiger partial charge >= 0.3 is 0 Å². The van der Waals surface area contributed by atoms with Gasteiger partial charge in [-0.1, -0.05) is 17.7 Å². The monoisotopic (exact) mass is 352 g/mol. The molecule has 0 bridgehead atoms. The summed E-state index contributed by atoms with van der Waals surface area (Å²) >= 11 is 0. The molecule has 1 atom stereocenters. The third-order valence-electron chi connectivity index (χ3n) is 4.73. The highest BCUT2D eigenvalue weighted by atomic mass is 32.2. The van der Waals surface area contributed by atoms with E-state index >= 15 is 0 Å². The fourth-order valence-electron chi connectivity index (χ4n) is 3.26. The van der Waals surface area contributed by atoms with Gasteiger partial charge in [0.15, 0.2) is 15.4 Å². The summed E-state index contributed by atoms with van der Waals surface area (Å²) in [5.74, 6) is 0.631. The molecule has 0 aliphatic carbocycles. The van der Waals surface area contributed by atoms with Crippen LogP contribution in [0, 0.1) is 6.92 Å². The van der Waals surface area contributed by atoms with Crippen molar-refractivity contribution in [2.45, 2.75) is 37.8 Å². The van der Waals surface area contributed by atoms with Crippen LogP contribution in [0.25, 0.3) is 0 Å². The zero-order valence-electron chi connectivity index (χ0n) is 13.9. The molecule has 2 aliphatic heterocycles. The summed E-state index contributed by atoms with van der Waals surface area (Å²) in [6.07, 6.45) is 1.60. The lowest BCUT2D eigenvalue weighted by Gasteiger charge is -2.37. The number of ether oxygens (including phenoxy) is 1. The Balaban J connectivity index is 1.75. The van der Waals surface area contributed by atoms with Crippen molar-refractivity contribution in [3.05, 3.63) is 29.8 Å². The van der Waals surface area contributed by atoms with Gasteiger partial charge in [-0.05, 0) is 38.6 Å². The standard InChI is InChI=1S/C17H24N2O4S/c1-13-2-4-15(5-3-13)23-17(7-9-18-10-8-17)16(20)19-14-6-11-24(21,22)12-14/h2-5,14,18H,6-12H2,1H3,(H,19,20). The predicted molar refractivity (Wildman–Crippen MR) is 91.8 cm³/mol. The number of benzene rings is 1. The van der Waals surface area contributed by atoms with E-state index in [0.717, 1.165) is 5.56 Å². The number of rotatable bonds is 4. The van der Waals surface area contributed by atoms with E-state index in [0.29, 0.717) is 38.1 Å². The second kappa shape index (κ2) is 6.72. The Bertz CT molecular complexity index is 694. The van der Waals surface area contributed by atoms with E-state index in [-0.39, 0.29) is 23.5 Å². The highest BCUT2D eigenvalue weighted by Gasteiger charge is 2.43. The van der Waals surface area contributed by atoms with Gasteiger partial charge in [-0.2, -0.15) is 0 Å². The normalized spacial score (nSPS) is 25.1. The van der Waals surface area contributed by atoms with E-state index in [1.165, 1.54) is 0 Å². The summed E-state index contributed by atoms with van der Waals surface area (Å²) < 4.78 is 29.3. The summed E-state index contributed by atoms with van der Waals surface area (Å²) in [5, 5.41) is 6.15. The molecule has 1 aromatic carbocycles. The SMILES string of the molecule is Cc1ccc(OC2(C(=O)NC3CCS(=O)(=O)C3)CCNCC2)cc1. The van der Waals surface area contributed by atoms with Gasteiger partial charge in [0.2, 0.25) is 0 Å². The lowest BCUT2D eigenvalue weighted by Crippen LogP contribution is -2.58. The van der Waals surface area contributed by atoms with Crippen LogP contribution in [0.5, 0.6) is 5.75 Å². The highest BCUT2D eigenvalue weighted by molar-refractivity contribution is 7.91. The first-order chi connectivity index (χ1) is 11.4. The molecule has 2 N–H and O–H groups in total. The number of hydrogen-bond acceptors (Lipinski definition) is 5. The lowest BCUT2D eigenvalue weighted by molar-refractivity contribution is -0.139. The summed E-state index contributed by atoms with van der Waals surface area (Å²) in [4.78, 5) is 12.9. The van der Waals surface area contributed by atoms with Crippen LogP contribution in [0.2, 0.25) is 0 Å². The summed E-state index contributed by atoms with van der Waals surface area (Å²) in [7, 11) is -3.02. The smallest absolute Gasteiger partial charge is 0.264 e. The molecular formula is C17H24N2O4S. The van der Waals surface area contributed by atoms with Crippen LogP contribution in [0.15, 0.2) is 24.3 Å². The Morgan fingerprint density at radius 1 is 1.25 bits per heavy atom. The van der Waals surface area contributed by atoms with Crippen LogP contribution in [0.4, 0.5) is 0 Å². The van der Waals surface area contributed by atoms with E-state index in [4.69, 9.17) is 4.74 Å². The zero-order chi connectivity index (χ0) is 17.2. The van der Waals surface area contributed by atoms with Gasteiger partial charge in [0.25, 0.3) is 5.91 Å². The molecule has 0 spiro atoms. The number of carbonyl (C=O) groups excluding carboxylic acids is 1. The third kappa shape index (κ3) is 3.89. The minimum Gasteiger partial charge on any atom is -0.477 e. The number of aryl methyl sites for hydroxylation is 1. The van der Waals surface area contributed by atoms with E-state index < -0.39 is 15.4 Å². The fraction of sp³-hybridized carbons (Fsp3) is 0.588. The highest BCUT2D eigenvalue weighted by Crippen LogP contribution is 2.28. The van der Waals surface area contributed by atoms with Crippen molar-refractivity contribution < 1.29 is 17.9 Å². The molecule has 1 unspecified atom stereocenters. The van der Waals surface area contributed by atoms with E-state index in [1.807, 2.05) is 31.2 Å². The first kappa shape index (κ1) is 17.2. The van der Waals surface area contributed by atoms with Gasteiger partial charge in [-0.25, -0.2) is 8.42 Å². The molecule has 7 heteroatoms. The number of carbonyl (C=O) groups is 1. The minimum absolute atomic E-state index is 0.0254. The predicted octanol–water partition coefficient (Wildman–Crippen LogP) is 0.799. The second-order valence-electron chi connectivity index (χ2n) is 6.73. The van der Waals surface area contributed by atoms with Crippen molar-refractivity contribution in [1.29, 1.82) is 0 Å². The molecule has 1 amide bonds. The van der Waals surface area contributed by atoms with Gasteiger partial charge in [0.1, 0.15) is 5.75 Å². The molecule has 2 heterocycles. The quantitative estimate of drug-likeness (QED) is 0.837. The number of amides is 1. The molecule has 2 fully saturated rings. The van der Waals surface area contributed by atoms with E-state index in [9.17, 15) is 13.2 Å². The molecule has 3 rings (SSSR count).